The largest absolute Gasteiger partial charge is 0.487 e. The van der Waals surface area contributed by atoms with Crippen molar-refractivity contribution in [3.05, 3.63) is 71.8 Å². The van der Waals surface area contributed by atoms with Gasteiger partial charge in [0.05, 0.1) is 10.5 Å². The first kappa shape index (κ1) is 22.3. The van der Waals surface area contributed by atoms with Crippen LogP contribution in [0.15, 0.2) is 65.6 Å². The van der Waals surface area contributed by atoms with Crippen LogP contribution in [0.4, 0.5) is 0 Å². The summed E-state index contributed by atoms with van der Waals surface area (Å²) in [6.07, 6.45) is 1.14. The van der Waals surface area contributed by atoms with Crippen molar-refractivity contribution in [3.63, 3.8) is 0 Å². The van der Waals surface area contributed by atoms with Gasteiger partial charge in [-0.3, -0.25) is 4.79 Å². The Balaban J connectivity index is 1.95. The lowest BCUT2D eigenvalue weighted by atomic mass is 10.0. The Bertz CT molecular complexity index is 1250. The molecule has 7 nitrogen and oxygen atoms in total. The molecule has 1 amide bonds. The summed E-state index contributed by atoms with van der Waals surface area (Å²) >= 11 is 0. The van der Waals surface area contributed by atoms with Crippen molar-refractivity contribution < 1.29 is 27.9 Å². The molecule has 0 saturated heterocycles. The number of sulfone groups is 1. The Labute approximate surface area is 180 Å². The molecule has 3 rings (SSSR count). The zero-order valence-electron chi connectivity index (χ0n) is 17.4. The standard InChI is InChI=1S/C23H23NO6S/c1-23(2,22(26)27)24-21(25)19-13-10-16-6-4-5-7-18(16)20(19)30-14-15-8-11-17(12-9-15)31(3,28)29/h4-13H,14H2,1-3H3,(H,24,25)(H,26,27). The molecule has 8 heteroatoms. The van der Waals surface area contributed by atoms with Crippen LogP contribution < -0.4 is 10.1 Å². The van der Waals surface area contributed by atoms with E-state index in [2.05, 4.69) is 5.32 Å². The SMILES string of the molecule is CC(C)(NC(=O)c1ccc2ccccc2c1OCc1ccc(S(C)(=O)=O)cc1)C(=O)O. The van der Waals surface area contributed by atoms with E-state index in [0.29, 0.717) is 11.1 Å². The molecule has 3 aromatic rings. The van der Waals surface area contributed by atoms with Crippen LogP contribution in [-0.4, -0.2) is 37.2 Å². The number of aliphatic carboxylic acids is 1. The van der Waals surface area contributed by atoms with E-state index in [1.54, 1.807) is 24.3 Å². The number of benzene rings is 3. The van der Waals surface area contributed by atoms with Gasteiger partial charge in [0.1, 0.15) is 17.9 Å². The molecular weight excluding hydrogens is 418 g/mol. The molecule has 31 heavy (non-hydrogen) atoms. The zero-order chi connectivity index (χ0) is 22.8. The Morgan fingerprint density at radius 1 is 1.00 bits per heavy atom. The summed E-state index contributed by atoms with van der Waals surface area (Å²) in [6.45, 7) is 2.90. The number of hydrogen-bond acceptors (Lipinski definition) is 5. The molecule has 0 aromatic heterocycles. The first-order valence-electron chi connectivity index (χ1n) is 9.48. The van der Waals surface area contributed by atoms with Gasteiger partial charge in [0, 0.05) is 11.6 Å². The van der Waals surface area contributed by atoms with Crippen LogP contribution in [0.25, 0.3) is 10.8 Å². The number of carboxylic acid groups (broad SMARTS) is 1. The van der Waals surface area contributed by atoms with Gasteiger partial charge in [-0.15, -0.1) is 0 Å². The number of nitrogens with one attached hydrogen (secondary N) is 1. The molecule has 0 saturated carbocycles. The van der Waals surface area contributed by atoms with Crippen LogP contribution in [0, 0.1) is 0 Å². The molecule has 0 bridgehead atoms. The minimum atomic E-state index is -3.30. The summed E-state index contributed by atoms with van der Waals surface area (Å²) in [5.74, 6) is -1.40. The van der Waals surface area contributed by atoms with Gasteiger partial charge in [-0.25, -0.2) is 13.2 Å². The highest BCUT2D eigenvalue weighted by Gasteiger charge is 2.30. The fraction of sp³-hybridized carbons (Fsp3) is 0.217. The third-order valence-corrected chi connectivity index (χ3v) is 5.95. The maximum atomic E-state index is 12.9. The van der Waals surface area contributed by atoms with Crippen LogP contribution >= 0.6 is 0 Å². The highest BCUT2D eigenvalue weighted by molar-refractivity contribution is 7.90. The van der Waals surface area contributed by atoms with E-state index in [1.807, 2.05) is 24.3 Å². The maximum absolute atomic E-state index is 12.9. The highest BCUT2D eigenvalue weighted by atomic mass is 32.2. The van der Waals surface area contributed by atoms with E-state index in [9.17, 15) is 23.1 Å². The predicted molar refractivity (Wildman–Crippen MR) is 117 cm³/mol. The molecule has 3 aromatic carbocycles. The minimum absolute atomic E-state index is 0.0979. The number of rotatable bonds is 7. The van der Waals surface area contributed by atoms with Gasteiger partial charge in [0.15, 0.2) is 9.84 Å². The van der Waals surface area contributed by atoms with Crippen molar-refractivity contribution in [1.29, 1.82) is 0 Å². The normalized spacial score (nSPS) is 11.8. The average molecular weight is 442 g/mol. The lowest BCUT2D eigenvalue weighted by molar-refractivity contribution is -0.143. The molecule has 0 spiro atoms. The molecule has 0 atom stereocenters. The topological polar surface area (TPSA) is 110 Å². The van der Waals surface area contributed by atoms with E-state index in [4.69, 9.17) is 4.74 Å². The van der Waals surface area contributed by atoms with Crippen molar-refractivity contribution in [2.75, 3.05) is 6.26 Å². The van der Waals surface area contributed by atoms with Gasteiger partial charge in [0.25, 0.3) is 5.91 Å². The fourth-order valence-corrected chi connectivity index (χ4v) is 3.60. The van der Waals surface area contributed by atoms with Crippen LogP contribution in [-0.2, 0) is 21.2 Å². The van der Waals surface area contributed by atoms with E-state index in [-0.39, 0.29) is 17.1 Å². The summed E-state index contributed by atoms with van der Waals surface area (Å²) in [5, 5.41) is 13.4. The smallest absolute Gasteiger partial charge is 0.328 e. The molecule has 0 unspecified atom stereocenters. The van der Waals surface area contributed by atoms with E-state index in [0.717, 1.165) is 17.2 Å². The first-order chi connectivity index (χ1) is 14.5. The van der Waals surface area contributed by atoms with E-state index < -0.39 is 27.3 Å². The minimum Gasteiger partial charge on any atom is -0.487 e. The second-order valence-corrected chi connectivity index (χ2v) is 9.77. The third-order valence-electron chi connectivity index (χ3n) is 4.82. The Morgan fingerprint density at radius 2 is 1.65 bits per heavy atom. The van der Waals surface area contributed by atoms with Gasteiger partial charge in [-0.1, -0.05) is 42.5 Å². The molecule has 0 aliphatic carbocycles. The molecule has 0 aliphatic heterocycles. The lowest BCUT2D eigenvalue weighted by Crippen LogP contribution is -2.49. The monoisotopic (exact) mass is 441 g/mol. The Morgan fingerprint density at radius 3 is 2.26 bits per heavy atom. The van der Waals surface area contributed by atoms with E-state index in [1.165, 1.54) is 26.0 Å². The van der Waals surface area contributed by atoms with Gasteiger partial charge < -0.3 is 15.2 Å². The number of fused-ring (bicyclic) bond motifs is 1. The van der Waals surface area contributed by atoms with Crippen molar-refractivity contribution in [1.82, 2.24) is 5.32 Å². The summed E-state index contributed by atoms with van der Waals surface area (Å²) in [6, 6.07) is 17.0. The molecule has 0 aliphatic rings. The molecular formula is C23H23NO6S. The van der Waals surface area contributed by atoms with Crippen LogP contribution in [0.3, 0.4) is 0 Å². The molecule has 0 heterocycles. The predicted octanol–water partition coefficient (Wildman–Crippen LogP) is 3.42. The van der Waals surface area contributed by atoms with Crippen molar-refractivity contribution in [2.45, 2.75) is 30.9 Å². The molecule has 0 radical (unpaired) electrons. The lowest BCUT2D eigenvalue weighted by Gasteiger charge is -2.22. The number of carbonyl (C=O) groups is 2. The van der Waals surface area contributed by atoms with Gasteiger partial charge in [0.2, 0.25) is 0 Å². The zero-order valence-corrected chi connectivity index (χ0v) is 18.2. The number of ether oxygens (including phenoxy) is 1. The summed E-state index contributed by atoms with van der Waals surface area (Å²) in [5.41, 5.74) is -0.528. The average Bonchev–Trinajstić information content (AvgIpc) is 2.71. The molecule has 2 N–H and O–H groups in total. The van der Waals surface area contributed by atoms with Crippen LogP contribution in [0.2, 0.25) is 0 Å². The number of carbonyl (C=O) groups excluding carboxylic acids is 1. The second kappa shape index (κ2) is 8.39. The van der Waals surface area contributed by atoms with Crippen molar-refractivity contribution in [2.24, 2.45) is 0 Å². The first-order valence-corrected chi connectivity index (χ1v) is 11.4. The summed E-state index contributed by atoms with van der Waals surface area (Å²) < 4.78 is 29.3. The third kappa shape index (κ3) is 5.03. The fourth-order valence-electron chi connectivity index (χ4n) is 2.97. The van der Waals surface area contributed by atoms with Crippen LogP contribution in [0.5, 0.6) is 5.75 Å². The quantitative estimate of drug-likeness (QED) is 0.581. The van der Waals surface area contributed by atoms with Crippen molar-refractivity contribution in [3.8, 4) is 5.75 Å². The maximum Gasteiger partial charge on any atom is 0.328 e. The van der Waals surface area contributed by atoms with Crippen molar-refractivity contribution >= 4 is 32.5 Å². The number of hydrogen-bond donors (Lipinski definition) is 2. The Kier molecular flexibility index (Phi) is 6.03. The van der Waals surface area contributed by atoms with Gasteiger partial charge in [-0.05, 0) is 43.0 Å². The molecule has 0 fully saturated rings. The molecule has 162 valence electrons. The highest BCUT2D eigenvalue weighted by Crippen LogP contribution is 2.31. The summed E-state index contributed by atoms with van der Waals surface area (Å²) in [4.78, 5) is 24.5. The van der Waals surface area contributed by atoms with Gasteiger partial charge in [-0.2, -0.15) is 0 Å². The number of amides is 1. The second-order valence-electron chi connectivity index (χ2n) is 7.75. The van der Waals surface area contributed by atoms with Crippen LogP contribution in [0.1, 0.15) is 29.8 Å². The summed E-state index contributed by atoms with van der Waals surface area (Å²) in [7, 11) is -3.30. The number of carboxylic acids is 1. The van der Waals surface area contributed by atoms with Gasteiger partial charge >= 0.3 is 5.97 Å². The van der Waals surface area contributed by atoms with E-state index >= 15 is 0 Å². The Hall–Kier alpha value is -3.39.